The van der Waals surface area contributed by atoms with Gasteiger partial charge in [0.15, 0.2) is 6.10 Å². The fourth-order valence-corrected chi connectivity index (χ4v) is 2.38. The predicted octanol–water partition coefficient (Wildman–Crippen LogP) is 1.74. The molecule has 1 aromatic carbocycles. The third kappa shape index (κ3) is 4.46. The summed E-state index contributed by atoms with van der Waals surface area (Å²) >= 11 is 0. The molecule has 1 aromatic rings. The van der Waals surface area contributed by atoms with E-state index in [0.717, 1.165) is 5.56 Å². The molecule has 21 heavy (non-hydrogen) atoms. The van der Waals surface area contributed by atoms with Crippen molar-refractivity contribution in [1.82, 2.24) is 4.90 Å². The van der Waals surface area contributed by atoms with Crippen LogP contribution >= 0.6 is 0 Å². The number of hydrogen-bond donors (Lipinski definition) is 0. The van der Waals surface area contributed by atoms with Crippen LogP contribution < -0.4 is 0 Å². The van der Waals surface area contributed by atoms with Crippen LogP contribution in [0, 0.1) is 0 Å². The van der Waals surface area contributed by atoms with Gasteiger partial charge in [0.1, 0.15) is 0 Å². The summed E-state index contributed by atoms with van der Waals surface area (Å²) in [5.41, 5.74) is 9.57. The Hall–Kier alpha value is -2.08. The summed E-state index contributed by atoms with van der Waals surface area (Å²) in [5.74, 6) is -0.404. The first-order valence-electron chi connectivity index (χ1n) is 6.73. The lowest BCUT2D eigenvalue weighted by Gasteiger charge is -2.36. The maximum absolute atomic E-state index is 11.7. The topological polar surface area (TPSA) is 87.5 Å². The van der Waals surface area contributed by atoms with Gasteiger partial charge in [0.2, 0.25) is 0 Å². The first-order valence-corrected chi connectivity index (χ1v) is 6.73. The number of nitrogens with zero attached hydrogens (tertiary/aromatic N) is 4. The lowest BCUT2D eigenvalue weighted by atomic mass is 10.1. The van der Waals surface area contributed by atoms with Crippen LogP contribution in [0.5, 0.6) is 0 Å². The van der Waals surface area contributed by atoms with Crippen LogP contribution in [0.15, 0.2) is 35.4 Å². The zero-order chi connectivity index (χ0) is 15.1. The average Bonchev–Trinajstić information content (AvgIpc) is 2.53. The average molecular weight is 290 g/mol. The molecule has 0 aliphatic carbocycles. The SMILES string of the molecule is COC(=O)[C@@H]1CN(Cc2ccccc2)C[C@@H](CN=[N+]=[N-])O1. The Kier molecular flexibility index (Phi) is 5.57. The van der Waals surface area contributed by atoms with Gasteiger partial charge in [0.05, 0.1) is 19.8 Å². The van der Waals surface area contributed by atoms with Crippen LogP contribution in [-0.4, -0.2) is 49.8 Å². The fraction of sp³-hybridized carbons (Fsp3) is 0.500. The largest absolute Gasteiger partial charge is 0.467 e. The molecule has 2 rings (SSSR count). The molecule has 0 amide bonds. The molecule has 1 saturated heterocycles. The second kappa shape index (κ2) is 7.64. The molecule has 0 unspecified atom stereocenters. The van der Waals surface area contributed by atoms with Gasteiger partial charge in [0, 0.05) is 24.5 Å². The Morgan fingerprint density at radius 1 is 1.48 bits per heavy atom. The lowest BCUT2D eigenvalue weighted by molar-refractivity contribution is -0.167. The Bertz CT molecular complexity index is 516. The van der Waals surface area contributed by atoms with Crippen molar-refractivity contribution in [2.24, 2.45) is 5.11 Å². The molecule has 0 saturated carbocycles. The number of morpholine rings is 1. The van der Waals surface area contributed by atoms with Crippen molar-refractivity contribution < 1.29 is 14.3 Å². The number of hydrogen-bond acceptors (Lipinski definition) is 5. The Morgan fingerprint density at radius 2 is 2.24 bits per heavy atom. The molecule has 0 bridgehead atoms. The smallest absolute Gasteiger partial charge is 0.336 e. The highest BCUT2D eigenvalue weighted by molar-refractivity contribution is 5.75. The minimum Gasteiger partial charge on any atom is -0.467 e. The van der Waals surface area contributed by atoms with E-state index in [-0.39, 0.29) is 12.6 Å². The van der Waals surface area contributed by atoms with Crippen LogP contribution in [0.25, 0.3) is 10.4 Å². The van der Waals surface area contributed by atoms with Crippen molar-refractivity contribution in [3.63, 3.8) is 0 Å². The second-order valence-corrected chi connectivity index (χ2v) is 4.86. The number of benzene rings is 1. The normalized spacial score (nSPS) is 22.3. The van der Waals surface area contributed by atoms with E-state index in [1.54, 1.807) is 0 Å². The Labute approximate surface area is 123 Å². The van der Waals surface area contributed by atoms with E-state index in [4.69, 9.17) is 15.0 Å². The third-order valence-electron chi connectivity index (χ3n) is 3.30. The van der Waals surface area contributed by atoms with Crippen LogP contribution in [0.2, 0.25) is 0 Å². The van der Waals surface area contributed by atoms with Crippen LogP contribution in [0.1, 0.15) is 5.56 Å². The molecule has 0 radical (unpaired) electrons. The van der Waals surface area contributed by atoms with Crippen LogP contribution in [0.4, 0.5) is 0 Å². The second-order valence-electron chi connectivity index (χ2n) is 4.86. The zero-order valence-corrected chi connectivity index (χ0v) is 11.9. The molecule has 1 aliphatic heterocycles. The summed E-state index contributed by atoms with van der Waals surface area (Å²) in [6.45, 7) is 2.00. The standard InChI is InChI=1S/C14H18N4O3/c1-20-14(19)13-10-18(8-11-5-3-2-4-6-11)9-12(21-13)7-16-17-15/h2-6,12-13H,7-10H2,1H3/t12-,13+/m1/s1. The highest BCUT2D eigenvalue weighted by Gasteiger charge is 2.32. The molecule has 1 heterocycles. The Morgan fingerprint density at radius 3 is 2.90 bits per heavy atom. The van der Waals surface area contributed by atoms with Crippen molar-refractivity contribution in [3.8, 4) is 0 Å². The van der Waals surface area contributed by atoms with E-state index in [9.17, 15) is 4.79 Å². The van der Waals surface area contributed by atoms with Gasteiger partial charge in [-0.25, -0.2) is 4.79 Å². The number of rotatable bonds is 5. The van der Waals surface area contributed by atoms with Crippen LogP contribution in [0.3, 0.4) is 0 Å². The number of ether oxygens (including phenoxy) is 2. The molecule has 0 spiro atoms. The fourth-order valence-electron chi connectivity index (χ4n) is 2.38. The summed E-state index contributed by atoms with van der Waals surface area (Å²) in [4.78, 5) is 16.6. The molecule has 1 fully saturated rings. The molecular formula is C14H18N4O3. The molecule has 7 nitrogen and oxygen atoms in total. The molecule has 7 heteroatoms. The van der Waals surface area contributed by atoms with Crippen molar-refractivity contribution in [2.45, 2.75) is 18.8 Å². The number of esters is 1. The highest BCUT2D eigenvalue weighted by Crippen LogP contribution is 2.16. The minimum atomic E-state index is -0.647. The number of carbonyl (C=O) groups excluding carboxylic acids is 1. The van der Waals surface area contributed by atoms with E-state index < -0.39 is 12.1 Å². The van der Waals surface area contributed by atoms with Crippen molar-refractivity contribution in [1.29, 1.82) is 0 Å². The Balaban J connectivity index is 2.04. The summed E-state index contributed by atoms with van der Waals surface area (Å²) in [7, 11) is 1.34. The summed E-state index contributed by atoms with van der Waals surface area (Å²) in [5, 5.41) is 3.53. The van der Waals surface area contributed by atoms with Gasteiger partial charge < -0.3 is 9.47 Å². The first-order chi connectivity index (χ1) is 10.2. The van der Waals surface area contributed by atoms with Gasteiger partial charge >= 0.3 is 5.97 Å². The molecular weight excluding hydrogens is 272 g/mol. The van der Waals surface area contributed by atoms with Gasteiger partial charge in [-0.15, -0.1) is 0 Å². The van der Waals surface area contributed by atoms with E-state index in [2.05, 4.69) is 14.9 Å². The summed E-state index contributed by atoms with van der Waals surface area (Å²) < 4.78 is 10.4. The zero-order valence-electron chi connectivity index (χ0n) is 11.9. The molecule has 0 aromatic heterocycles. The number of azide groups is 1. The molecule has 2 atom stereocenters. The van der Waals surface area contributed by atoms with Crippen molar-refractivity contribution >= 4 is 5.97 Å². The van der Waals surface area contributed by atoms with Gasteiger partial charge in [-0.2, -0.15) is 0 Å². The van der Waals surface area contributed by atoms with E-state index in [1.807, 2.05) is 30.3 Å². The third-order valence-corrected chi connectivity index (χ3v) is 3.30. The van der Waals surface area contributed by atoms with E-state index >= 15 is 0 Å². The van der Waals surface area contributed by atoms with Crippen molar-refractivity contribution in [2.75, 3.05) is 26.7 Å². The lowest BCUT2D eigenvalue weighted by Crippen LogP contribution is -2.51. The van der Waals surface area contributed by atoms with Gasteiger partial charge in [0.25, 0.3) is 0 Å². The molecule has 112 valence electrons. The first kappa shape index (κ1) is 15.3. The maximum Gasteiger partial charge on any atom is 0.336 e. The monoisotopic (exact) mass is 290 g/mol. The van der Waals surface area contributed by atoms with E-state index in [1.165, 1.54) is 7.11 Å². The van der Waals surface area contributed by atoms with Gasteiger partial charge in [-0.05, 0) is 11.1 Å². The minimum absolute atomic E-state index is 0.204. The molecule has 1 aliphatic rings. The van der Waals surface area contributed by atoms with Crippen molar-refractivity contribution in [3.05, 3.63) is 46.3 Å². The van der Waals surface area contributed by atoms with Gasteiger partial charge in [-0.1, -0.05) is 35.4 Å². The maximum atomic E-state index is 11.7. The number of carbonyl (C=O) groups is 1. The van der Waals surface area contributed by atoms with E-state index in [0.29, 0.717) is 19.6 Å². The summed E-state index contributed by atoms with van der Waals surface area (Å²) in [6, 6.07) is 9.98. The highest BCUT2D eigenvalue weighted by atomic mass is 16.6. The summed E-state index contributed by atoms with van der Waals surface area (Å²) in [6.07, 6.45) is -0.950. The van der Waals surface area contributed by atoms with Crippen LogP contribution in [-0.2, 0) is 20.8 Å². The molecule has 0 N–H and O–H groups in total. The quantitative estimate of drug-likeness (QED) is 0.357. The number of methoxy groups -OCH3 is 1. The van der Waals surface area contributed by atoms with Gasteiger partial charge in [-0.3, -0.25) is 4.90 Å². The predicted molar refractivity (Wildman–Crippen MR) is 76.4 cm³/mol.